The Morgan fingerprint density at radius 3 is 2.46 bits per heavy atom. The average molecular weight is 485 g/mol. The van der Waals surface area contributed by atoms with Crippen molar-refractivity contribution in [1.29, 1.82) is 0 Å². The normalized spacial score (nSPS) is 15.0. The van der Waals surface area contributed by atoms with Gasteiger partial charge in [0.2, 0.25) is 15.9 Å². The Labute approximate surface area is 167 Å². The molecule has 1 amide bonds. The number of hydrogen-bond donors (Lipinski definition) is 2. The summed E-state index contributed by atoms with van der Waals surface area (Å²) >= 11 is 2.18. The number of anilines is 2. The van der Waals surface area contributed by atoms with Gasteiger partial charge in [-0.25, -0.2) is 8.42 Å². The predicted molar refractivity (Wildman–Crippen MR) is 111 cm³/mol. The standard InChI is InChI=1S/C18H20IN3O3S/c19-14-5-3-7-16(11-14)21-18(23)13-20-15-6-4-8-17(12-15)26(24,25)22-9-1-2-10-22/h3-8,11-12,20H,1-2,9-10,13H2,(H,21,23). The molecule has 26 heavy (non-hydrogen) atoms. The number of amides is 1. The Hall–Kier alpha value is -1.65. The van der Waals surface area contributed by atoms with Crippen LogP contribution in [0, 0.1) is 3.57 Å². The van der Waals surface area contributed by atoms with Gasteiger partial charge in [0.1, 0.15) is 0 Å². The maximum absolute atomic E-state index is 12.6. The average Bonchev–Trinajstić information content (AvgIpc) is 3.16. The highest BCUT2D eigenvalue weighted by Crippen LogP contribution is 2.23. The van der Waals surface area contributed by atoms with E-state index in [9.17, 15) is 13.2 Å². The third-order valence-corrected chi connectivity index (χ3v) is 6.66. The van der Waals surface area contributed by atoms with Crippen molar-refractivity contribution in [1.82, 2.24) is 4.31 Å². The molecule has 0 spiro atoms. The second-order valence-electron chi connectivity index (χ2n) is 6.05. The summed E-state index contributed by atoms with van der Waals surface area (Å²) in [5.41, 5.74) is 1.33. The lowest BCUT2D eigenvalue weighted by molar-refractivity contribution is -0.114. The maximum Gasteiger partial charge on any atom is 0.243 e. The Bertz CT molecular complexity index is 896. The Balaban J connectivity index is 1.63. The van der Waals surface area contributed by atoms with Crippen LogP contribution in [0.2, 0.25) is 0 Å². The van der Waals surface area contributed by atoms with Crippen LogP contribution in [-0.4, -0.2) is 38.3 Å². The number of carbonyl (C=O) groups is 1. The number of sulfonamides is 1. The molecular weight excluding hydrogens is 465 g/mol. The van der Waals surface area contributed by atoms with E-state index >= 15 is 0 Å². The molecule has 0 aliphatic carbocycles. The van der Waals surface area contributed by atoms with Crippen molar-refractivity contribution in [3.05, 3.63) is 52.1 Å². The number of nitrogens with one attached hydrogen (secondary N) is 2. The number of carbonyl (C=O) groups excluding carboxylic acids is 1. The zero-order valence-corrected chi connectivity index (χ0v) is 17.1. The molecule has 2 aromatic rings. The summed E-state index contributed by atoms with van der Waals surface area (Å²) in [4.78, 5) is 12.3. The highest BCUT2D eigenvalue weighted by atomic mass is 127. The number of nitrogens with zero attached hydrogens (tertiary/aromatic N) is 1. The van der Waals surface area contributed by atoms with Crippen molar-refractivity contribution in [2.75, 3.05) is 30.3 Å². The SMILES string of the molecule is O=C(CNc1cccc(S(=O)(=O)N2CCCC2)c1)Nc1cccc(I)c1. The third kappa shape index (κ3) is 4.74. The molecule has 0 bridgehead atoms. The smallest absolute Gasteiger partial charge is 0.243 e. The van der Waals surface area contributed by atoms with Gasteiger partial charge >= 0.3 is 0 Å². The molecule has 138 valence electrons. The van der Waals surface area contributed by atoms with Gasteiger partial charge < -0.3 is 10.6 Å². The molecule has 1 aliphatic heterocycles. The fraction of sp³-hybridized carbons (Fsp3) is 0.278. The van der Waals surface area contributed by atoms with Gasteiger partial charge in [0.05, 0.1) is 11.4 Å². The van der Waals surface area contributed by atoms with Crippen molar-refractivity contribution in [2.45, 2.75) is 17.7 Å². The second-order valence-corrected chi connectivity index (χ2v) is 9.23. The van der Waals surface area contributed by atoms with Crippen molar-refractivity contribution < 1.29 is 13.2 Å². The highest BCUT2D eigenvalue weighted by Gasteiger charge is 2.27. The molecule has 1 fully saturated rings. The number of rotatable bonds is 6. The van der Waals surface area contributed by atoms with Crippen molar-refractivity contribution in [3.8, 4) is 0 Å². The molecule has 0 radical (unpaired) electrons. The monoisotopic (exact) mass is 485 g/mol. The van der Waals surface area contributed by atoms with Gasteiger partial charge in [0, 0.05) is 28.0 Å². The van der Waals surface area contributed by atoms with E-state index in [4.69, 9.17) is 0 Å². The van der Waals surface area contributed by atoms with E-state index in [0.29, 0.717) is 18.8 Å². The third-order valence-electron chi connectivity index (χ3n) is 4.10. The molecule has 6 nitrogen and oxygen atoms in total. The number of hydrogen-bond acceptors (Lipinski definition) is 4. The predicted octanol–water partition coefficient (Wildman–Crippen LogP) is 3.13. The summed E-state index contributed by atoms with van der Waals surface area (Å²) in [5, 5.41) is 5.80. The molecule has 0 unspecified atom stereocenters. The van der Waals surface area contributed by atoms with Gasteiger partial charge in [-0.3, -0.25) is 4.79 Å². The molecule has 2 aromatic carbocycles. The summed E-state index contributed by atoms with van der Waals surface area (Å²) in [6.45, 7) is 1.19. The highest BCUT2D eigenvalue weighted by molar-refractivity contribution is 14.1. The van der Waals surface area contributed by atoms with E-state index in [-0.39, 0.29) is 17.3 Å². The van der Waals surface area contributed by atoms with Gasteiger partial charge in [-0.05, 0) is 71.8 Å². The fourth-order valence-electron chi connectivity index (χ4n) is 2.80. The summed E-state index contributed by atoms with van der Waals surface area (Å²) < 4.78 is 27.8. The summed E-state index contributed by atoms with van der Waals surface area (Å²) in [7, 11) is -3.46. The molecule has 8 heteroatoms. The largest absolute Gasteiger partial charge is 0.376 e. The molecule has 2 N–H and O–H groups in total. The Kier molecular flexibility index (Phi) is 6.15. The molecule has 1 aliphatic rings. The van der Waals surface area contributed by atoms with Gasteiger partial charge in [-0.2, -0.15) is 4.31 Å². The van der Waals surface area contributed by atoms with Gasteiger partial charge in [-0.1, -0.05) is 12.1 Å². The second kappa shape index (κ2) is 8.36. The molecule has 0 saturated carbocycles. The van der Waals surface area contributed by atoms with Crippen LogP contribution in [0.4, 0.5) is 11.4 Å². The van der Waals surface area contributed by atoms with Crippen LogP contribution < -0.4 is 10.6 Å². The van der Waals surface area contributed by atoms with Gasteiger partial charge in [0.25, 0.3) is 0 Å². The minimum atomic E-state index is -3.46. The molecule has 0 atom stereocenters. The lowest BCUT2D eigenvalue weighted by atomic mass is 10.3. The zero-order valence-electron chi connectivity index (χ0n) is 14.1. The number of benzene rings is 2. The van der Waals surface area contributed by atoms with Crippen LogP contribution in [0.3, 0.4) is 0 Å². The van der Waals surface area contributed by atoms with Gasteiger partial charge in [-0.15, -0.1) is 0 Å². The van der Waals surface area contributed by atoms with Crippen LogP contribution >= 0.6 is 22.6 Å². The first-order valence-corrected chi connectivity index (χ1v) is 10.9. The van der Waals surface area contributed by atoms with Crippen LogP contribution in [0.5, 0.6) is 0 Å². The first kappa shape index (κ1) is 19.1. The zero-order chi connectivity index (χ0) is 18.6. The maximum atomic E-state index is 12.6. The molecule has 1 saturated heterocycles. The molecule has 1 heterocycles. The van der Waals surface area contributed by atoms with Crippen molar-refractivity contribution >= 4 is 49.9 Å². The van der Waals surface area contributed by atoms with Crippen molar-refractivity contribution in [2.24, 2.45) is 0 Å². The van der Waals surface area contributed by atoms with E-state index in [1.54, 1.807) is 24.3 Å². The van der Waals surface area contributed by atoms with Crippen LogP contribution in [-0.2, 0) is 14.8 Å². The van der Waals surface area contributed by atoms with Crippen LogP contribution in [0.15, 0.2) is 53.4 Å². The first-order chi connectivity index (χ1) is 12.4. The van der Waals surface area contributed by atoms with E-state index in [2.05, 4.69) is 33.2 Å². The topological polar surface area (TPSA) is 78.5 Å². The lowest BCUT2D eigenvalue weighted by Gasteiger charge is -2.16. The van der Waals surface area contributed by atoms with E-state index in [1.807, 2.05) is 24.3 Å². The van der Waals surface area contributed by atoms with E-state index in [0.717, 1.165) is 22.1 Å². The lowest BCUT2D eigenvalue weighted by Crippen LogP contribution is -2.28. The Morgan fingerprint density at radius 2 is 1.73 bits per heavy atom. The summed E-state index contributed by atoms with van der Waals surface area (Å²) in [6.07, 6.45) is 1.80. The van der Waals surface area contributed by atoms with Gasteiger partial charge in [0.15, 0.2) is 0 Å². The fourth-order valence-corrected chi connectivity index (χ4v) is 4.90. The van der Waals surface area contributed by atoms with Crippen LogP contribution in [0.1, 0.15) is 12.8 Å². The Morgan fingerprint density at radius 1 is 1.04 bits per heavy atom. The minimum Gasteiger partial charge on any atom is -0.376 e. The van der Waals surface area contributed by atoms with E-state index in [1.165, 1.54) is 4.31 Å². The van der Waals surface area contributed by atoms with Crippen LogP contribution in [0.25, 0.3) is 0 Å². The first-order valence-electron chi connectivity index (χ1n) is 8.35. The minimum absolute atomic E-state index is 0.0543. The number of halogens is 1. The quantitative estimate of drug-likeness (QED) is 0.617. The molecular formula is C18H20IN3O3S. The summed E-state index contributed by atoms with van der Waals surface area (Å²) in [6, 6.07) is 14.1. The molecule has 3 rings (SSSR count). The molecule has 0 aromatic heterocycles. The van der Waals surface area contributed by atoms with Crippen molar-refractivity contribution in [3.63, 3.8) is 0 Å². The summed E-state index contributed by atoms with van der Waals surface area (Å²) in [5.74, 6) is -0.195. The van der Waals surface area contributed by atoms with E-state index < -0.39 is 10.0 Å².